The van der Waals surface area contributed by atoms with E-state index in [0.29, 0.717) is 28.7 Å². The number of methoxy groups -OCH3 is 2. The molecule has 10 nitrogen and oxygen atoms in total. The highest BCUT2D eigenvalue weighted by atomic mass is 35.5. The SMILES string of the molecule is CCOc1ccc(N(CC(=O)N(Cc2ccccc2Cl)C(Cc2ccccc2)C(=O)NC2CCCC2)S(=O)(=O)c2ccc(OC)c(OC)c2)cc1. The summed E-state index contributed by atoms with van der Waals surface area (Å²) in [5.74, 6) is 0.214. The van der Waals surface area contributed by atoms with Gasteiger partial charge in [-0.3, -0.25) is 13.9 Å². The Morgan fingerprint density at radius 2 is 1.55 bits per heavy atom. The molecule has 1 atom stereocenters. The van der Waals surface area contributed by atoms with E-state index in [1.54, 1.807) is 42.5 Å². The molecule has 1 N–H and O–H groups in total. The predicted octanol–water partition coefficient (Wildman–Crippen LogP) is 6.65. The number of benzene rings is 4. The molecule has 0 heterocycles. The molecule has 0 radical (unpaired) electrons. The molecule has 1 aliphatic carbocycles. The maximum Gasteiger partial charge on any atom is 0.264 e. The Morgan fingerprint density at radius 1 is 0.882 bits per heavy atom. The minimum atomic E-state index is -4.39. The Kier molecular flexibility index (Phi) is 12.8. The van der Waals surface area contributed by atoms with Crippen molar-refractivity contribution in [3.8, 4) is 17.2 Å². The topological polar surface area (TPSA) is 114 Å². The van der Waals surface area contributed by atoms with Crippen LogP contribution in [0.2, 0.25) is 5.02 Å². The monoisotopic (exact) mass is 733 g/mol. The van der Waals surface area contributed by atoms with E-state index in [4.69, 9.17) is 25.8 Å². The Labute approximate surface area is 305 Å². The van der Waals surface area contributed by atoms with Crippen molar-refractivity contribution in [3.63, 3.8) is 0 Å². The normalized spacial score (nSPS) is 13.6. The fourth-order valence-electron chi connectivity index (χ4n) is 6.24. The van der Waals surface area contributed by atoms with Gasteiger partial charge in [0.1, 0.15) is 18.3 Å². The second kappa shape index (κ2) is 17.5. The van der Waals surface area contributed by atoms with Crippen LogP contribution >= 0.6 is 11.6 Å². The van der Waals surface area contributed by atoms with Crippen molar-refractivity contribution in [3.05, 3.63) is 113 Å². The smallest absolute Gasteiger partial charge is 0.264 e. The molecular formula is C39H44ClN3O7S. The third-order valence-corrected chi connectivity index (χ3v) is 11.1. The predicted molar refractivity (Wildman–Crippen MR) is 198 cm³/mol. The van der Waals surface area contributed by atoms with Crippen LogP contribution in [-0.2, 0) is 32.6 Å². The van der Waals surface area contributed by atoms with Gasteiger partial charge in [0.25, 0.3) is 10.0 Å². The third-order valence-electron chi connectivity index (χ3n) is 8.93. The van der Waals surface area contributed by atoms with Gasteiger partial charge in [-0.1, -0.05) is 73.0 Å². The van der Waals surface area contributed by atoms with Crippen LogP contribution in [0.4, 0.5) is 5.69 Å². The van der Waals surface area contributed by atoms with Gasteiger partial charge in [-0.15, -0.1) is 0 Å². The number of nitrogens with zero attached hydrogens (tertiary/aromatic N) is 2. The number of nitrogens with one attached hydrogen (secondary N) is 1. The first-order valence-electron chi connectivity index (χ1n) is 17.0. The summed E-state index contributed by atoms with van der Waals surface area (Å²) in [5, 5.41) is 3.60. The number of anilines is 1. The number of carbonyl (C=O) groups excluding carboxylic acids is 2. The summed E-state index contributed by atoms with van der Waals surface area (Å²) in [7, 11) is -1.51. The molecule has 0 aliphatic heterocycles. The zero-order valence-electron chi connectivity index (χ0n) is 29.1. The van der Waals surface area contributed by atoms with Crippen molar-refractivity contribution in [2.24, 2.45) is 0 Å². The second-order valence-corrected chi connectivity index (χ2v) is 14.5. The highest BCUT2D eigenvalue weighted by Gasteiger charge is 2.36. The Balaban J connectivity index is 1.59. The van der Waals surface area contributed by atoms with Crippen molar-refractivity contribution in [1.29, 1.82) is 0 Å². The molecule has 4 aromatic carbocycles. The largest absolute Gasteiger partial charge is 0.494 e. The highest BCUT2D eigenvalue weighted by Crippen LogP contribution is 2.33. The van der Waals surface area contributed by atoms with Crippen molar-refractivity contribution in [1.82, 2.24) is 10.2 Å². The van der Waals surface area contributed by atoms with Gasteiger partial charge in [0, 0.05) is 30.1 Å². The van der Waals surface area contributed by atoms with E-state index >= 15 is 0 Å². The molecule has 51 heavy (non-hydrogen) atoms. The summed E-state index contributed by atoms with van der Waals surface area (Å²) in [4.78, 5) is 30.4. The molecule has 0 spiro atoms. The van der Waals surface area contributed by atoms with Gasteiger partial charge < -0.3 is 24.4 Å². The molecule has 2 amide bonds. The molecular weight excluding hydrogens is 690 g/mol. The number of amides is 2. The van der Waals surface area contributed by atoms with Crippen LogP contribution in [0.1, 0.15) is 43.7 Å². The first-order chi connectivity index (χ1) is 24.6. The van der Waals surface area contributed by atoms with Gasteiger partial charge in [0.2, 0.25) is 11.8 Å². The van der Waals surface area contributed by atoms with E-state index in [1.165, 1.54) is 37.3 Å². The Hall–Kier alpha value is -4.74. The average Bonchev–Trinajstić information content (AvgIpc) is 3.66. The molecule has 0 aromatic heterocycles. The maximum absolute atomic E-state index is 14.8. The van der Waals surface area contributed by atoms with Crippen molar-refractivity contribution in [2.75, 3.05) is 31.7 Å². The number of hydrogen-bond donors (Lipinski definition) is 1. The van der Waals surface area contributed by atoms with Gasteiger partial charge in [-0.05, 0) is 73.4 Å². The molecule has 4 aromatic rings. The van der Waals surface area contributed by atoms with Crippen LogP contribution in [0, 0.1) is 0 Å². The van der Waals surface area contributed by atoms with Gasteiger partial charge in [0.05, 0.1) is 31.4 Å². The fraction of sp³-hybridized carbons (Fsp3) is 0.333. The molecule has 1 saturated carbocycles. The van der Waals surface area contributed by atoms with Crippen LogP contribution in [0.3, 0.4) is 0 Å². The first-order valence-corrected chi connectivity index (χ1v) is 18.8. The van der Waals surface area contributed by atoms with Gasteiger partial charge in [-0.2, -0.15) is 0 Å². The van der Waals surface area contributed by atoms with Gasteiger partial charge in [0.15, 0.2) is 11.5 Å². The zero-order chi connectivity index (χ0) is 36.4. The number of halogens is 1. The van der Waals surface area contributed by atoms with Crippen molar-refractivity contribution >= 4 is 39.1 Å². The van der Waals surface area contributed by atoms with Crippen molar-refractivity contribution < 1.29 is 32.2 Å². The highest BCUT2D eigenvalue weighted by molar-refractivity contribution is 7.92. The number of ether oxygens (including phenoxy) is 3. The number of carbonyl (C=O) groups is 2. The summed E-state index contributed by atoms with van der Waals surface area (Å²) >= 11 is 6.62. The standard InChI is InChI=1S/C39H44ClN3O7S/c1-4-50-32-20-18-31(19-21-32)43(51(46,47)33-22-23-36(48-2)37(25-33)49-3)27-38(44)42(26-29-14-8-11-17-34(29)40)35(24-28-12-6-5-7-13-28)39(45)41-30-15-9-10-16-30/h5-8,11-14,17-23,25,30,35H,4,9-10,15-16,24,26-27H2,1-3H3,(H,41,45). The summed E-state index contributed by atoms with van der Waals surface area (Å²) in [6.45, 7) is 1.63. The molecule has 5 rings (SSSR count). The minimum absolute atomic E-state index is 0.00109. The van der Waals surface area contributed by atoms with E-state index in [-0.39, 0.29) is 41.2 Å². The number of sulfonamides is 1. The molecule has 0 saturated heterocycles. The maximum atomic E-state index is 14.8. The lowest BCUT2D eigenvalue weighted by molar-refractivity contribution is -0.140. The molecule has 270 valence electrons. The van der Waals surface area contributed by atoms with Crippen LogP contribution in [-0.4, -0.2) is 64.6 Å². The van der Waals surface area contributed by atoms with Crippen molar-refractivity contribution in [2.45, 2.75) is 62.6 Å². The third kappa shape index (κ3) is 9.33. The fourth-order valence-corrected chi connectivity index (χ4v) is 7.87. The summed E-state index contributed by atoms with van der Waals surface area (Å²) < 4.78 is 46.5. The first kappa shape index (κ1) is 37.5. The van der Waals surface area contributed by atoms with E-state index < -0.39 is 28.5 Å². The average molecular weight is 734 g/mol. The molecule has 12 heteroatoms. The summed E-state index contributed by atoms with van der Waals surface area (Å²) in [6.07, 6.45) is 3.96. The van der Waals surface area contributed by atoms with E-state index in [1.807, 2.05) is 43.3 Å². The zero-order valence-corrected chi connectivity index (χ0v) is 30.7. The number of hydrogen-bond acceptors (Lipinski definition) is 7. The van der Waals surface area contributed by atoms with E-state index in [0.717, 1.165) is 35.6 Å². The van der Waals surface area contributed by atoms with Crippen LogP contribution in [0.5, 0.6) is 17.2 Å². The Morgan fingerprint density at radius 3 is 2.20 bits per heavy atom. The number of rotatable bonds is 16. The van der Waals surface area contributed by atoms with E-state index in [9.17, 15) is 18.0 Å². The molecule has 1 unspecified atom stereocenters. The van der Waals surface area contributed by atoms with Crippen LogP contribution < -0.4 is 23.8 Å². The summed E-state index contributed by atoms with van der Waals surface area (Å²) in [5.41, 5.74) is 1.70. The Bertz CT molecular complexity index is 1880. The molecule has 1 fully saturated rings. The second-order valence-electron chi connectivity index (χ2n) is 12.3. The molecule has 1 aliphatic rings. The van der Waals surface area contributed by atoms with Gasteiger partial charge in [-0.25, -0.2) is 8.42 Å². The molecule has 0 bridgehead atoms. The van der Waals surface area contributed by atoms with Gasteiger partial charge >= 0.3 is 0 Å². The van der Waals surface area contributed by atoms with E-state index in [2.05, 4.69) is 5.32 Å². The lowest BCUT2D eigenvalue weighted by Gasteiger charge is -2.34. The quantitative estimate of drug-likeness (QED) is 0.137. The van der Waals surface area contributed by atoms with Crippen LogP contribution in [0.15, 0.2) is 102 Å². The lowest BCUT2D eigenvalue weighted by Crippen LogP contribution is -2.54. The van der Waals surface area contributed by atoms with Crippen LogP contribution in [0.25, 0.3) is 0 Å². The minimum Gasteiger partial charge on any atom is -0.494 e. The summed E-state index contributed by atoms with van der Waals surface area (Å²) in [6, 6.07) is 26.3. The lowest BCUT2D eigenvalue weighted by atomic mass is 10.0.